The standard InChI is InChI=1S/C28H44N6O5/c1-16(2)13-23(27(37)34-24(17(3)4)28(38)39)33-26(36)22(11-7-8-12-29)32-25(35)20(30)14-18-15-31-21-10-6-5-9-19(18)21/h5-6,9-10,15-17,20,22-24,31H,7-8,11-14,29-30H2,1-4H3,(H,32,35)(H,33,36)(H,34,37)(H,38,39). The van der Waals surface area contributed by atoms with E-state index in [9.17, 15) is 24.3 Å². The Morgan fingerprint density at radius 2 is 1.56 bits per heavy atom. The maximum Gasteiger partial charge on any atom is 0.326 e. The van der Waals surface area contributed by atoms with Crippen LogP contribution in [0.3, 0.4) is 0 Å². The van der Waals surface area contributed by atoms with E-state index in [0.29, 0.717) is 32.2 Å². The van der Waals surface area contributed by atoms with Crippen molar-refractivity contribution in [3.05, 3.63) is 36.0 Å². The van der Waals surface area contributed by atoms with E-state index in [-0.39, 0.29) is 18.3 Å². The zero-order chi connectivity index (χ0) is 29.1. The molecule has 11 nitrogen and oxygen atoms in total. The van der Waals surface area contributed by atoms with E-state index in [4.69, 9.17) is 11.5 Å². The maximum absolute atomic E-state index is 13.3. The molecule has 0 fully saturated rings. The second-order valence-corrected chi connectivity index (χ2v) is 10.8. The van der Waals surface area contributed by atoms with E-state index < -0.39 is 47.9 Å². The molecule has 2 rings (SSSR count). The van der Waals surface area contributed by atoms with Crippen molar-refractivity contribution < 1.29 is 24.3 Å². The van der Waals surface area contributed by atoms with Gasteiger partial charge in [0, 0.05) is 17.1 Å². The number of amides is 3. The van der Waals surface area contributed by atoms with Gasteiger partial charge in [0.2, 0.25) is 17.7 Å². The first-order chi connectivity index (χ1) is 18.4. The lowest BCUT2D eigenvalue weighted by molar-refractivity contribution is -0.143. The molecular weight excluding hydrogens is 500 g/mol. The number of hydrogen-bond donors (Lipinski definition) is 7. The highest BCUT2D eigenvalue weighted by Crippen LogP contribution is 2.19. The van der Waals surface area contributed by atoms with Crippen molar-refractivity contribution in [2.45, 2.75) is 84.0 Å². The Labute approximate surface area is 229 Å². The van der Waals surface area contributed by atoms with Crippen molar-refractivity contribution >= 4 is 34.6 Å². The summed E-state index contributed by atoms with van der Waals surface area (Å²) < 4.78 is 0. The van der Waals surface area contributed by atoms with Gasteiger partial charge in [0.1, 0.15) is 18.1 Å². The monoisotopic (exact) mass is 544 g/mol. The molecule has 11 heteroatoms. The van der Waals surface area contributed by atoms with Crippen LogP contribution in [-0.2, 0) is 25.6 Å². The first-order valence-electron chi connectivity index (χ1n) is 13.6. The fourth-order valence-corrected chi connectivity index (χ4v) is 4.41. The molecule has 0 saturated heterocycles. The third kappa shape index (κ3) is 9.67. The average molecular weight is 545 g/mol. The second-order valence-electron chi connectivity index (χ2n) is 10.8. The maximum atomic E-state index is 13.3. The summed E-state index contributed by atoms with van der Waals surface area (Å²) in [6.45, 7) is 7.61. The number of nitrogens with one attached hydrogen (secondary N) is 4. The number of H-pyrrole nitrogens is 1. The summed E-state index contributed by atoms with van der Waals surface area (Å²) in [4.78, 5) is 54.2. The quantitative estimate of drug-likeness (QED) is 0.155. The number of hydrogen-bond acceptors (Lipinski definition) is 6. The molecule has 4 atom stereocenters. The predicted molar refractivity (Wildman–Crippen MR) is 151 cm³/mol. The molecule has 9 N–H and O–H groups in total. The van der Waals surface area contributed by atoms with Gasteiger partial charge in [0.05, 0.1) is 6.04 Å². The van der Waals surface area contributed by atoms with Crippen molar-refractivity contribution in [2.24, 2.45) is 23.3 Å². The van der Waals surface area contributed by atoms with Crippen molar-refractivity contribution in [1.82, 2.24) is 20.9 Å². The highest BCUT2D eigenvalue weighted by molar-refractivity contribution is 5.94. The summed E-state index contributed by atoms with van der Waals surface area (Å²) in [7, 11) is 0. The molecule has 4 unspecified atom stereocenters. The first kappa shape index (κ1) is 31.8. The number of carbonyl (C=O) groups excluding carboxylic acids is 3. The van der Waals surface area contributed by atoms with E-state index in [2.05, 4.69) is 20.9 Å². The number of carbonyl (C=O) groups is 4. The van der Waals surface area contributed by atoms with Crippen molar-refractivity contribution in [2.75, 3.05) is 6.54 Å². The van der Waals surface area contributed by atoms with Gasteiger partial charge in [-0.1, -0.05) is 45.9 Å². The Balaban J connectivity index is 2.14. The summed E-state index contributed by atoms with van der Waals surface area (Å²) in [5, 5.41) is 18.5. The molecule has 0 saturated carbocycles. The SMILES string of the molecule is CC(C)CC(NC(=O)C(CCCCN)NC(=O)C(N)Cc1c[nH]c2ccccc12)C(=O)NC(C(=O)O)C(C)C. The van der Waals surface area contributed by atoms with Gasteiger partial charge in [-0.15, -0.1) is 0 Å². The van der Waals surface area contributed by atoms with E-state index in [1.807, 2.05) is 44.3 Å². The molecule has 0 spiro atoms. The van der Waals surface area contributed by atoms with Gasteiger partial charge in [0.25, 0.3) is 0 Å². The molecule has 0 aliphatic heterocycles. The number of carboxylic acids is 1. The minimum absolute atomic E-state index is 0.0401. The van der Waals surface area contributed by atoms with Crippen LogP contribution in [0.15, 0.2) is 30.5 Å². The fourth-order valence-electron chi connectivity index (χ4n) is 4.41. The topological polar surface area (TPSA) is 192 Å². The smallest absolute Gasteiger partial charge is 0.326 e. The molecule has 1 aromatic heterocycles. The first-order valence-corrected chi connectivity index (χ1v) is 13.6. The second kappa shape index (κ2) is 15.2. The molecule has 216 valence electrons. The third-order valence-corrected chi connectivity index (χ3v) is 6.60. The van der Waals surface area contributed by atoms with E-state index >= 15 is 0 Å². The number of aromatic amines is 1. The molecular formula is C28H44N6O5. The minimum Gasteiger partial charge on any atom is -0.480 e. The highest BCUT2D eigenvalue weighted by atomic mass is 16.4. The van der Waals surface area contributed by atoms with Gasteiger partial charge in [0.15, 0.2) is 0 Å². The summed E-state index contributed by atoms with van der Waals surface area (Å²) in [5.41, 5.74) is 13.7. The van der Waals surface area contributed by atoms with Crippen LogP contribution in [0.5, 0.6) is 0 Å². The van der Waals surface area contributed by atoms with Gasteiger partial charge in [-0.25, -0.2) is 4.79 Å². The molecule has 1 heterocycles. The van der Waals surface area contributed by atoms with Crippen LogP contribution >= 0.6 is 0 Å². The largest absolute Gasteiger partial charge is 0.480 e. The molecule has 0 bridgehead atoms. The molecule has 0 radical (unpaired) electrons. The van der Waals surface area contributed by atoms with Gasteiger partial charge in [-0.2, -0.15) is 0 Å². The van der Waals surface area contributed by atoms with E-state index in [1.54, 1.807) is 13.8 Å². The Morgan fingerprint density at radius 3 is 2.18 bits per heavy atom. The van der Waals surface area contributed by atoms with Crippen LogP contribution in [-0.4, -0.2) is 64.5 Å². The Morgan fingerprint density at radius 1 is 0.923 bits per heavy atom. The average Bonchev–Trinajstić information content (AvgIpc) is 3.28. The fraction of sp³-hybridized carbons (Fsp3) is 0.571. The number of benzene rings is 1. The minimum atomic E-state index is -1.15. The molecule has 1 aromatic carbocycles. The Bertz CT molecular complexity index is 1110. The Hall–Kier alpha value is -3.44. The van der Waals surface area contributed by atoms with Crippen molar-refractivity contribution in [3.8, 4) is 0 Å². The van der Waals surface area contributed by atoms with Crippen LogP contribution in [0, 0.1) is 11.8 Å². The lowest BCUT2D eigenvalue weighted by Gasteiger charge is -2.27. The number of fused-ring (bicyclic) bond motifs is 1. The van der Waals surface area contributed by atoms with Gasteiger partial charge in [-0.05, 0) is 62.1 Å². The van der Waals surface area contributed by atoms with Gasteiger partial charge in [-0.3, -0.25) is 14.4 Å². The number of carboxylic acid groups (broad SMARTS) is 1. The molecule has 2 aromatic rings. The molecule has 0 aliphatic carbocycles. The van der Waals surface area contributed by atoms with E-state index in [0.717, 1.165) is 16.5 Å². The number of aliphatic carboxylic acids is 1. The van der Waals surface area contributed by atoms with Gasteiger partial charge < -0.3 is 37.5 Å². The van der Waals surface area contributed by atoms with Crippen molar-refractivity contribution in [3.63, 3.8) is 0 Å². The Kier molecular flexibility index (Phi) is 12.4. The lowest BCUT2D eigenvalue weighted by Crippen LogP contribution is -2.58. The third-order valence-electron chi connectivity index (χ3n) is 6.60. The van der Waals surface area contributed by atoms with E-state index in [1.165, 1.54) is 0 Å². The summed E-state index contributed by atoms with van der Waals surface area (Å²) in [6, 6.07) is 3.82. The van der Waals surface area contributed by atoms with Crippen LogP contribution in [0.2, 0.25) is 0 Å². The molecule has 0 aliphatic rings. The van der Waals surface area contributed by atoms with Crippen LogP contribution in [0.1, 0.15) is 58.9 Å². The normalized spacial score (nSPS) is 14.6. The van der Waals surface area contributed by atoms with Crippen LogP contribution in [0.4, 0.5) is 0 Å². The van der Waals surface area contributed by atoms with Gasteiger partial charge >= 0.3 is 5.97 Å². The summed E-state index contributed by atoms with van der Waals surface area (Å²) in [5.74, 6) is -3.05. The highest BCUT2D eigenvalue weighted by Gasteiger charge is 2.31. The number of para-hydroxylation sites is 1. The zero-order valence-electron chi connectivity index (χ0n) is 23.3. The summed E-state index contributed by atoms with van der Waals surface area (Å²) >= 11 is 0. The molecule has 3 amide bonds. The number of unbranched alkanes of at least 4 members (excludes halogenated alkanes) is 1. The lowest BCUT2D eigenvalue weighted by atomic mass is 9.99. The zero-order valence-corrected chi connectivity index (χ0v) is 23.3. The van der Waals surface area contributed by atoms with Crippen molar-refractivity contribution in [1.29, 1.82) is 0 Å². The van der Waals surface area contributed by atoms with Crippen LogP contribution in [0.25, 0.3) is 10.9 Å². The predicted octanol–water partition coefficient (Wildman–Crippen LogP) is 1.41. The van der Waals surface area contributed by atoms with Crippen LogP contribution < -0.4 is 27.4 Å². The number of rotatable bonds is 16. The summed E-state index contributed by atoms with van der Waals surface area (Å²) in [6.07, 6.45) is 3.95. The number of nitrogens with two attached hydrogens (primary N) is 2. The number of aromatic nitrogens is 1. The molecule has 39 heavy (non-hydrogen) atoms.